The first-order valence-electron chi connectivity index (χ1n) is 9.63. The first-order chi connectivity index (χ1) is 12.9. The quantitative estimate of drug-likeness (QED) is 0.285. The van der Waals surface area contributed by atoms with Crippen molar-refractivity contribution in [2.45, 2.75) is 47.1 Å². The van der Waals surface area contributed by atoms with Gasteiger partial charge in [0.15, 0.2) is 5.96 Å². The smallest absolute Gasteiger partial charge is 0.211 e. The zero-order chi connectivity index (χ0) is 20.1. The molecule has 1 aromatic rings. The van der Waals surface area contributed by atoms with E-state index in [0.717, 1.165) is 29.8 Å². The molecule has 0 fully saturated rings. The van der Waals surface area contributed by atoms with Crippen LogP contribution in [0, 0.1) is 6.92 Å². The number of guanidine groups is 1. The van der Waals surface area contributed by atoms with E-state index in [-0.39, 0.29) is 5.75 Å². The fourth-order valence-electron chi connectivity index (χ4n) is 2.27. The third kappa shape index (κ3) is 9.63. The minimum absolute atomic E-state index is 0.101. The van der Waals surface area contributed by atoms with Gasteiger partial charge in [-0.05, 0) is 45.2 Å². The van der Waals surface area contributed by atoms with Crippen LogP contribution in [0.5, 0.6) is 5.75 Å². The number of aliphatic imine (C=N–C) groups is 1. The molecule has 1 rings (SSSR count). The maximum atomic E-state index is 11.4. The molecule has 1 aromatic carbocycles. The van der Waals surface area contributed by atoms with Crippen LogP contribution in [-0.2, 0) is 16.6 Å². The summed E-state index contributed by atoms with van der Waals surface area (Å²) >= 11 is 0. The van der Waals surface area contributed by atoms with Crippen LogP contribution in [0.25, 0.3) is 0 Å². The van der Waals surface area contributed by atoms with Crippen LogP contribution in [-0.4, -0.2) is 46.4 Å². The van der Waals surface area contributed by atoms with Gasteiger partial charge in [-0.2, -0.15) is 0 Å². The van der Waals surface area contributed by atoms with E-state index in [0.29, 0.717) is 38.6 Å². The van der Waals surface area contributed by atoms with Crippen molar-refractivity contribution in [2.75, 3.05) is 32.0 Å². The number of nitrogens with one attached hydrogen (secondary N) is 3. The molecule has 0 radical (unpaired) electrons. The number of aryl methyl sites for hydroxylation is 1. The van der Waals surface area contributed by atoms with Crippen molar-refractivity contribution in [1.29, 1.82) is 0 Å². The molecule has 3 N–H and O–H groups in total. The molecule has 0 amide bonds. The summed E-state index contributed by atoms with van der Waals surface area (Å²) in [7, 11) is -3.13. The first-order valence-corrected chi connectivity index (χ1v) is 11.3. The maximum Gasteiger partial charge on any atom is 0.211 e. The number of hydrogen-bond acceptors (Lipinski definition) is 4. The topological polar surface area (TPSA) is 91.8 Å². The predicted octanol–water partition coefficient (Wildman–Crippen LogP) is 2.17. The Morgan fingerprint density at radius 3 is 2.59 bits per heavy atom. The number of nitrogens with zero attached hydrogens (tertiary/aromatic N) is 1. The summed E-state index contributed by atoms with van der Waals surface area (Å²) in [6.45, 7) is 10.8. The summed E-state index contributed by atoms with van der Waals surface area (Å²) in [4.78, 5) is 4.62. The normalized spacial score (nSPS) is 12.1. The Morgan fingerprint density at radius 2 is 1.93 bits per heavy atom. The monoisotopic (exact) mass is 398 g/mol. The highest BCUT2D eigenvalue weighted by molar-refractivity contribution is 7.89. The molecule has 0 atom stereocenters. The van der Waals surface area contributed by atoms with Gasteiger partial charge in [0.2, 0.25) is 10.0 Å². The Morgan fingerprint density at radius 1 is 1.15 bits per heavy atom. The molecular weight excluding hydrogens is 364 g/mol. The van der Waals surface area contributed by atoms with Crippen LogP contribution < -0.4 is 20.1 Å². The highest BCUT2D eigenvalue weighted by Crippen LogP contribution is 2.21. The van der Waals surface area contributed by atoms with E-state index >= 15 is 0 Å². The molecular formula is C19H34N4O3S. The molecule has 0 spiro atoms. The lowest BCUT2D eigenvalue weighted by Gasteiger charge is -2.13. The lowest BCUT2D eigenvalue weighted by Crippen LogP contribution is -2.38. The van der Waals surface area contributed by atoms with Crippen LogP contribution in [0.4, 0.5) is 0 Å². The minimum atomic E-state index is -3.13. The van der Waals surface area contributed by atoms with Crippen molar-refractivity contribution in [3.8, 4) is 5.75 Å². The van der Waals surface area contributed by atoms with E-state index in [2.05, 4.69) is 33.3 Å². The van der Waals surface area contributed by atoms with Crippen molar-refractivity contribution in [1.82, 2.24) is 15.4 Å². The number of hydrogen-bond donors (Lipinski definition) is 3. The van der Waals surface area contributed by atoms with Gasteiger partial charge in [-0.15, -0.1) is 0 Å². The predicted molar refractivity (Wildman–Crippen MR) is 112 cm³/mol. The lowest BCUT2D eigenvalue weighted by atomic mass is 10.1. The van der Waals surface area contributed by atoms with Gasteiger partial charge in [0.25, 0.3) is 0 Å². The van der Waals surface area contributed by atoms with Crippen molar-refractivity contribution >= 4 is 16.0 Å². The SMILES string of the molecule is CCCOc1cc(C)ccc1CN=C(NCC)NCCCNS(=O)(=O)CC. The first kappa shape index (κ1) is 23.2. The van der Waals surface area contributed by atoms with Crippen LogP contribution in [0.1, 0.15) is 44.7 Å². The van der Waals surface area contributed by atoms with E-state index in [1.807, 2.05) is 26.0 Å². The highest BCUT2D eigenvalue weighted by atomic mass is 32.2. The standard InChI is InChI=1S/C19H34N4O3S/c1-5-13-26-18-14-16(4)9-10-17(18)15-22-19(20-6-2)21-11-8-12-23-27(24,25)7-3/h9-10,14,23H,5-8,11-13,15H2,1-4H3,(H2,20,21,22). The second kappa shape index (κ2) is 12.6. The van der Waals surface area contributed by atoms with Crippen molar-refractivity contribution in [3.05, 3.63) is 29.3 Å². The molecule has 0 saturated carbocycles. The number of ether oxygens (including phenoxy) is 1. The van der Waals surface area contributed by atoms with E-state index in [4.69, 9.17) is 4.74 Å². The summed E-state index contributed by atoms with van der Waals surface area (Å²) < 4.78 is 31.2. The molecule has 0 heterocycles. The molecule has 0 aromatic heterocycles. The Hall–Kier alpha value is -1.80. The molecule has 0 aliphatic carbocycles. The van der Waals surface area contributed by atoms with Gasteiger partial charge in [0.1, 0.15) is 5.75 Å². The van der Waals surface area contributed by atoms with Gasteiger partial charge in [0, 0.05) is 25.2 Å². The van der Waals surface area contributed by atoms with Gasteiger partial charge >= 0.3 is 0 Å². The van der Waals surface area contributed by atoms with Crippen LogP contribution in [0.2, 0.25) is 0 Å². The van der Waals surface area contributed by atoms with Gasteiger partial charge < -0.3 is 15.4 Å². The molecule has 0 unspecified atom stereocenters. The summed E-state index contributed by atoms with van der Waals surface area (Å²) in [6.07, 6.45) is 1.64. The van der Waals surface area contributed by atoms with Crippen LogP contribution in [0.15, 0.2) is 23.2 Å². The summed E-state index contributed by atoms with van der Waals surface area (Å²) in [5.74, 6) is 1.69. The van der Waals surface area contributed by atoms with E-state index in [1.54, 1.807) is 6.92 Å². The number of sulfonamides is 1. The summed E-state index contributed by atoms with van der Waals surface area (Å²) in [5.41, 5.74) is 2.20. The molecule has 7 nitrogen and oxygen atoms in total. The van der Waals surface area contributed by atoms with Gasteiger partial charge in [-0.3, -0.25) is 0 Å². The molecule has 154 valence electrons. The second-order valence-electron chi connectivity index (χ2n) is 6.23. The van der Waals surface area contributed by atoms with Crippen molar-refractivity contribution < 1.29 is 13.2 Å². The average molecular weight is 399 g/mol. The molecule has 27 heavy (non-hydrogen) atoms. The molecule has 0 bridgehead atoms. The van der Waals surface area contributed by atoms with Crippen molar-refractivity contribution in [2.24, 2.45) is 4.99 Å². The third-order valence-electron chi connectivity index (χ3n) is 3.78. The largest absolute Gasteiger partial charge is 0.493 e. The Bertz CT molecular complexity index is 690. The Labute approximate surface area is 164 Å². The van der Waals surface area contributed by atoms with Crippen LogP contribution in [0.3, 0.4) is 0 Å². The number of rotatable bonds is 12. The van der Waals surface area contributed by atoms with Gasteiger partial charge in [0.05, 0.1) is 18.9 Å². The zero-order valence-electron chi connectivity index (χ0n) is 17.0. The lowest BCUT2D eigenvalue weighted by molar-refractivity contribution is 0.314. The molecule has 8 heteroatoms. The van der Waals surface area contributed by atoms with Gasteiger partial charge in [-0.25, -0.2) is 18.1 Å². The van der Waals surface area contributed by atoms with E-state index in [9.17, 15) is 8.42 Å². The third-order valence-corrected chi connectivity index (χ3v) is 5.19. The minimum Gasteiger partial charge on any atom is -0.493 e. The fourth-order valence-corrected chi connectivity index (χ4v) is 2.93. The fraction of sp³-hybridized carbons (Fsp3) is 0.632. The van der Waals surface area contributed by atoms with E-state index in [1.165, 1.54) is 0 Å². The Kier molecular flexibility index (Phi) is 10.8. The summed E-state index contributed by atoms with van der Waals surface area (Å²) in [5, 5.41) is 6.44. The molecule has 0 aliphatic rings. The Balaban J connectivity index is 2.60. The summed E-state index contributed by atoms with van der Waals surface area (Å²) in [6, 6.07) is 6.15. The highest BCUT2D eigenvalue weighted by Gasteiger charge is 2.06. The van der Waals surface area contributed by atoms with Crippen molar-refractivity contribution in [3.63, 3.8) is 0 Å². The zero-order valence-corrected chi connectivity index (χ0v) is 17.8. The second-order valence-corrected chi connectivity index (χ2v) is 8.33. The van der Waals surface area contributed by atoms with Crippen LogP contribution >= 0.6 is 0 Å². The average Bonchev–Trinajstić information content (AvgIpc) is 2.64. The van der Waals surface area contributed by atoms with Gasteiger partial charge in [-0.1, -0.05) is 19.1 Å². The molecule has 0 saturated heterocycles. The molecule has 0 aliphatic heterocycles. The maximum absolute atomic E-state index is 11.4. The number of benzene rings is 1. The van der Waals surface area contributed by atoms with E-state index < -0.39 is 10.0 Å².